The first kappa shape index (κ1) is 12.7. The molecule has 1 heterocycles. The maximum atomic E-state index is 12.6. The summed E-state index contributed by atoms with van der Waals surface area (Å²) in [7, 11) is 0. The minimum atomic E-state index is 0.0213. The Kier molecular flexibility index (Phi) is 3.39. The summed E-state index contributed by atoms with van der Waals surface area (Å²) < 4.78 is 0. The van der Waals surface area contributed by atoms with Gasteiger partial charge in [0, 0.05) is 13.1 Å². The molecule has 0 aromatic heterocycles. The van der Waals surface area contributed by atoms with Gasteiger partial charge in [-0.2, -0.15) is 0 Å². The molecule has 0 unspecified atom stereocenters. The zero-order valence-corrected chi connectivity index (χ0v) is 11.2. The molecule has 20 heavy (non-hydrogen) atoms. The Bertz CT molecular complexity index is 639. The second kappa shape index (κ2) is 5.35. The van der Waals surface area contributed by atoms with Crippen LogP contribution in [0.3, 0.4) is 0 Å². The molecule has 0 saturated heterocycles. The van der Waals surface area contributed by atoms with Gasteiger partial charge in [0.2, 0.25) is 0 Å². The average Bonchev–Trinajstić information content (AvgIpc) is 2.53. The first-order valence-corrected chi connectivity index (χ1v) is 6.71. The Balaban J connectivity index is 1.86. The standard InChI is InChI=1S/C16H17N3O/c17-18-15-8-4-3-7-14(15)16(20)19-10-9-12-5-1-2-6-13(12)11-19/h1-8,18H,9-11,17H2. The normalized spacial score (nSPS) is 13.8. The van der Waals surface area contributed by atoms with Crippen molar-refractivity contribution in [3.05, 3.63) is 65.2 Å². The molecule has 3 N–H and O–H groups in total. The molecular weight excluding hydrogens is 250 g/mol. The van der Waals surface area contributed by atoms with Crippen molar-refractivity contribution in [2.75, 3.05) is 12.0 Å². The van der Waals surface area contributed by atoms with Gasteiger partial charge in [-0.1, -0.05) is 36.4 Å². The van der Waals surface area contributed by atoms with Gasteiger partial charge in [-0.3, -0.25) is 10.6 Å². The number of hydrogen-bond acceptors (Lipinski definition) is 3. The fourth-order valence-electron chi connectivity index (χ4n) is 2.63. The third-order valence-electron chi connectivity index (χ3n) is 3.73. The summed E-state index contributed by atoms with van der Waals surface area (Å²) in [6.45, 7) is 1.41. The first-order chi connectivity index (χ1) is 9.79. The number of nitrogens with one attached hydrogen (secondary N) is 1. The SMILES string of the molecule is NNc1ccccc1C(=O)N1CCc2ccccc2C1. The Morgan fingerprint density at radius 1 is 1.05 bits per heavy atom. The van der Waals surface area contributed by atoms with Gasteiger partial charge in [0.05, 0.1) is 11.3 Å². The number of nitrogen functional groups attached to an aromatic ring is 1. The number of fused-ring (bicyclic) bond motifs is 1. The molecule has 0 fully saturated rings. The lowest BCUT2D eigenvalue weighted by atomic mass is 9.99. The van der Waals surface area contributed by atoms with Gasteiger partial charge in [-0.25, -0.2) is 0 Å². The van der Waals surface area contributed by atoms with Gasteiger partial charge in [0.15, 0.2) is 0 Å². The third kappa shape index (κ3) is 2.26. The number of hydrogen-bond donors (Lipinski definition) is 2. The van der Waals surface area contributed by atoms with E-state index in [1.165, 1.54) is 11.1 Å². The van der Waals surface area contributed by atoms with Gasteiger partial charge in [-0.05, 0) is 29.7 Å². The first-order valence-electron chi connectivity index (χ1n) is 6.71. The summed E-state index contributed by atoms with van der Waals surface area (Å²) in [6, 6.07) is 15.6. The van der Waals surface area contributed by atoms with Crippen LogP contribution in [0.1, 0.15) is 21.5 Å². The van der Waals surface area contributed by atoms with E-state index < -0.39 is 0 Å². The molecule has 2 aromatic carbocycles. The highest BCUT2D eigenvalue weighted by molar-refractivity contribution is 5.99. The number of nitrogens with zero attached hydrogens (tertiary/aromatic N) is 1. The molecule has 1 aliphatic rings. The van der Waals surface area contributed by atoms with E-state index in [4.69, 9.17) is 5.84 Å². The molecule has 0 saturated carbocycles. The van der Waals surface area contributed by atoms with Crippen LogP contribution in [-0.4, -0.2) is 17.4 Å². The van der Waals surface area contributed by atoms with Crippen LogP contribution in [0.2, 0.25) is 0 Å². The molecule has 1 amide bonds. The van der Waals surface area contributed by atoms with Crippen LogP contribution in [0.15, 0.2) is 48.5 Å². The average molecular weight is 267 g/mol. The van der Waals surface area contributed by atoms with Gasteiger partial charge < -0.3 is 10.3 Å². The zero-order chi connectivity index (χ0) is 13.9. The van der Waals surface area contributed by atoms with Gasteiger partial charge >= 0.3 is 0 Å². The monoisotopic (exact) mass is 267 g/mol. The lowest BCUT2D eigenvalue weighted by molar-refractivity contribution is 0.0735. The van der Waals surface area contributed by atoms with Crippen molar-refractivity contribution in [2.45, 2.75) is 13.0 Å². The van der Waals surface area contributed by atoms with Crippen molar-refractivity contribution < 1.29 is 4.79 Å². The van der Waals surface area contributed by atoms with Crippen LogP contribution in [0.4, 0.5) is 5.69 Å². The second-order valence-corrected chi connectivity index (χ2v) is 4.94. The van der Waals surface area contributed by atoms with Gasteiger partial charge in [0.25, 0.3) is 5.91 Å². The number of hydrazine groups is 1. The molecule has 3 rings (SSSR count). The van der Waals surface area contributed by atoms with E-state index in [1.807, 2.05) is 35.2 Å². The number of carbonyl (C=O) groups excluding carboxylic acids is 1. The van der Waals surface area contributed by atoms with E-state index in [1.54, 1.807) is 6.07 Å². The topological polar surface area (TPSA) is 58.4 Å². The van der Waals surface area contributed by atoms with E-state index in [0.717, 1.165) is 13.0 Å². The molecule has 0 spiro atoms. The molecule has 2 aromatic rings. The van der Waals surface area contributed by atoms with E-state index in [9.17, 15) is 4.79 Å². The highest BCUT2D eigenvalue weighted by Gasteiger charge is 2.22. The van der Waals surface area contributed by atoms with E-state index in [0.29, 0.717) is 17.8 Å². The lowest BCUT2D eigenvalue weighted by Gasteiger charge is -2.29. The number of para-hydroxylation sites is 1. The Hall–Kier alpha value is -2.33. The van der Waals surface area contributed by atoms with Crippen LogP contribution in [-0.2, 0) is 13.0 Å². The van der Waals surface area contributed by atoms with Gasteiger partial charge in [-0.15, -0.1) is 0 Å². The van der Waals surface area contributed by atoms with Crippen molar-refractivity contribution in [1.29, 1.82) is 0 Å². The molecule has 0 bridgehead atoms. The minimum absolute atomic E-state index is 0.0213. The molecule has 0 atom stereocenters. The van der Waals surface area contributed by atoms with Crippen molar-refractivity contribution in [1.82, 2.24) is 4.90 Å². The summed E-state index contributed by atoms with van der Waals surface area (Å²) in [5, 5.41) is 0. The Morgan fingerprint density at radius 3 is 2.55 bits per heavy atom. The van der Waals surface area contributed by atoms with Crippen LogP contribution in [0.5, 0.6) is 0 Å². The van der Waals surface area contributed by atoms with Crippen molar-refractivity contribution in [3.8, 4) is 0 Å². The van der Waals surface area contributed by atoms with Crippen molar-refractivity contribution in [2.24, 2.45) is 5.84 Å². The minimum Gasteiger partial charge on any atom is -0.334 e. The van der Waals surface area contributed by atoms with Crippen LogP contribution in [0, 0.1) is 0 Å². The van der Waals surface area contributed by atoms with Crippen molar-refractivity contribution in [3.63, 3.8) is 0 Å². The highest BCUT2D eigenvalue weighted by Crippen LogP contribution is 2.22. The Labute approximate surface area is 118 Å². The zero-order valence-electron chi connectivity index (χ0n) is 11.2. The van der Waals surface area contributed by atoms with Crippen LogP contribution >= 0.6 is 0 Å². The second-order valence-electron chi connectivity index (χ2n) is 4.94. The maximum Gasteiger partial charge on any atom is 0.256 e. The predicted octanol–water partition coefficient (Wildman–Crippen LogP) is 2.17. The number of rotatable bonds is 2. The van der Waals surface area contributed by atoms with Gasteiger partial charge in [0.1, 0.15) is 0 Å². The highest BCUT2D eigenvalue weighted by atomic mass is 16.2. The van der Waals surface area contributed by atoms with E-state index >= 15 is 0 Å². The van der Waals surface area contributed by atoms with Crippen LogP contribution < -0.4 is 11.3 Å². The molecule has 0 radical (unpaired) electrons. The van der Waals surface area contributed by atoms with E-state index in [2.05, 4.69) is 17.6 Å². The fourth-order valence-corrected chi connectivity index (χ4v) is 2.63. The summed E-state index contributed by atoms with van der Waals surface area (Å²) in [5.74, 6) is 5.50. The summed E-state index contributed by atoms with van der Waals surface area (Å²) >= 11 is 0. The number of benzene rings is 2. The predicted molar refractivity (Wildman–Crippen MR) is 79.1 cm³/mol. The summed E-state index contributed by atoms with van der Waals surface area (Å²) in [4.78, 5) is 14.5. The fraction of sp³-hybridized carbons (Fsp3) is 0.188. The number of carbonyl (C=O) groups is 1. The lowest BCUT2D eigenvalue weighted by Crippen LogP contribution is -2.36. The molecular formula is C16H17N3O. The smallest absolute Gasteiger partial charge is 0.256 e. The van der Waals surface area contributed by atoms with Crippen molar-refractivity contribution >= 4 is 11.6 Å². The molecule has 0 aliphatic carbocycles. The summed E-state index contributed by atoms with van der Waals surface area (Å²) in [5.41, 5.74) is 6.43. The largest absolute Gasteiger partial charge is 0.334 e. The van der Waals surface area contributed by atoms with E-state index in [-0.39, 0.29) is 5.91 Å². The maximum absolute atomic E-state index is 12.6. The molecule has 102 valence electrons. The Morgan fingerprint density at radius 2 is 1.75 bits per heavy atom. The van der Waals surface area contributed by atoms with Crippen LogP contribution in [0.25, 0.3) is 0 Å². The number of anilines is 1. The quantitative estimate of drug-likeness (QED) is 0.647. The molecule has 1 aliphatic heterocycles. The number of nitrogens with two attached hydrogens (primary N) is 1. The molecule has 4 nitrogen and oxygen atoms in total. The molecule has 4 heteroatoms. The number of amides is 1. The summed E-state index contributed by atoms with van der Waals surface area (Å²) in [6.07, 6.45) is 0.903. The third-order valence-corrected chi connectivity index (χ3v) is 3.73.